The fourth-order valence-corrected chi connectivity index (χ4v) is 3.45. The van der Waals surface area contributed by atoms with Crippen molar-refractivity contribution >= 4 is 29.5 Å². The van der Waals surface area contributed by atoms with E-state index in [1.54, 1.807) is 13.8 Å². The van der Waals surface area contributed by atoms with E-state index in [0.29, 0.717) is 13.1 Å². The van der Waals surface area contributed by atoms with Gasteiger partial charge in [0.05, 0.1) is 5.41 Å². The van der Waals surface area contributed by atoms with E-state index in [-0.39, 0.29) is 23.6 Å². The van der Waals surface area contributed by atoms with Crippen molar-refractivity contribution in [3.63, 3.8) is 0 Å². The third-order valence-corrected chi connectivity index (χ3v) is 6.54. The SMILES string of the molecule is CCC(C)C(NC(=O)C(C)(C)CCl)C(=O)N1CCN(C/C=C/c2ccccc2)CC1. The molecule has 166 valence electrons. The molecule has 0 aliphatic carbocycles. The Bertz CT molecular complexity index is 712. The number of halogens is 1. The van der Waals surface area contributed by atoms with Crippen molar-refractivity contribution < 1.29 is 9.59 Å². The lowest BCUT2D eigenvalue weighted by Gasteiger charge is -2.38. The van der Waals surface area contributed by atoms with E-state index in [1.807, 2.05) is 36.9 Å². The minimum atomic E-state index is -0.697. The summed E-state index contributed by atoms with van der Waals surface area (Å²) in [5.74, 6) is 0.137. The van der Waals surface area contributed by atoms with Crippen LogP contribution in [0.1, 0.15) is 39.7 Å². The lowest BCUT2D eigenvalue weighted by atomic mass is 9.92. The topological polar surface area (TPSA) is 52.7 Å². The molecular weight excluding hydrogens is 398 g/mol. The minimum Gasteiger partial charge on any atom is -0.344 e. The predicted molar refractivity (Wildman–Crippen MR) is 124 cm³/mol. The Labute approximate surface area is 186 Å². The number of benzene rings is 1. The predicted octanol–water partition coefficient (Wildman–Crippen LogP) is 3.64. The average Bonchev–Trinajstić information content (AvgIpc) is 2.77. The molecule has 2 rings (SSSR count). The van der Waals surface area contributed by atoms with Gasteiger partial charge in [0.25, 0.3) is 0 Å². The third-order valence-electron chi connectivity index (χ3n) is 5.87. The maximum Gasteiger partial charge on any atom is 0.245 e. The fourth-order valence-electron chi connectivity index (χ4n) is 3.33. The normalized spacial score (nSPS) is 17.7. The summed E-state index contributed by atoms with van der Waals surface area (Å²) in [5, 5.41) is 2.98. The highest BCUT2D eigenvalue weighted by molar-refractivity contribution is 6.19. The molecule has 1 aliphatic heterocycles. The molecule has 2 amide bonds. The second kappa shape index (κ2) is 11.5. The lowest BCUT2D eigenvalue weighted by Crippen LogP contribution is -2.58. The van der Waals surface area contributed by atoms with E-state index in [0.717, 1.165) is 26.1 Å². The molecule has 1 aromatic carbocycles. The van der Waals surface area contributed by atoms with Crippen LogP contribution in [0, 0.1) is 11.3 Å². The van der Waals surface area contributed by atoms with Crippen molar-refractivity contribution in [1.29, 1.82) is 0 Å². The van der Waals surface area contributed by atoms with Crippen molar-refractivity contribution in [3.05, 3.63) is 42.0 Å². The number of carbonyl (C=O) groups is 2. The first-order chi connectivity index (χ1) is 14.3. The van der Waals surface area contributed by atoms with Crippen LogP contribution in [-0.4, -0.2) is 66.3 Å². The van der Waals surface area contributed by atoms with E-state index in [2.05, 4.69) is 34.5 Å². The third kappa shape index (κ3) is 6.85. The van der Waals surface area contributed by atoms with E-state index >= 15 is 0 Å². The van der Waals surface area contributed by atoms with E-state index < -0.39 is 11.5 Å². The number of amides is 2. The van der Waals surface area contributed by atoms with Crippen molar-refractivity contribution in [2.75, 3.05) is 38.6 Å². The van der Waals surface area contributed by atoms with Crippen molar-refractivity contribution in [1.82, 2.24) is 15.1 Å². The number of rotatable bonds is 9. The van der Waals surface area contributed by atoms with Crippen LogP contribution in [0.3, 0.4) is 0 Å². The molecule has 1 saturated heterocycles. The number of carbonyl (C=O) groups excluding carboxylic acids is 2. The average molecular weight is 434 g/mol. The number of hydrogen-bond donors (Lipinski definition) is 1. The highest BCUT2D eigenvalue weighted by Crippen LogP contribution is 2.20. The maximum absolute atomic E-state index is 13.2. The molecule has 5 nitrogen and oxygen atoms in total. The molecule has 0 saturated carbocycles. The van der Waals surface area contributed by atoms with E-state index in [4.69, 9.17) is 11.6 Å². The van der Waals surface area contributed by atoms with Gasteiger partial charge in [-0.1, -0.05) is 62.8 Å². The van der Waals surface area contributed by atoms with Crippen molar-refractivity contribution in [2.45, 2.75) is 40.2 Å². The van der Waals surface area contributed by atoms with Gasteiger partial charge in [-0.3, -0.25) is 14.5 Å². The number of nitrogens with one attached hydrogen (secondary N) is 1. The molecule has 1 N–H and O–H groups in total. The van der Waals surface area contributed by atoms with Gasteiger partial charge in [0, 0.05) is 38.6 Å². The van der Waals surface area contributed by atoms with Gasteiger partial charge in [-0.15, -0.1) is 11.6 Å². The van der Waals surface area contributed by atoms with Crippen LogP contribution in [0.5, 0.6) is 0 Å². The van der Waals surface area contributed by atoms with Crippen molar-refractivity contribution in [2.24, 2.45) is 11.3 Å². The summed E-state index contributed by atoms with van der Waals surface area (Å²) in [6.07, 6.45) is 5.12. The second-order valence-corrected chi connectivity index (χ2v) is 9.06. The van der Waals surface area contributed by atoms with Crippen molar-refractivity contribution in [3.8, 4) is 0 Å². The molecule has 0 aromatic heterocycles. The molecular formula is C24H36ClN3O2. The van der Waals surface area contributed by atoms with Gasteiger partial charge < -0.3 is 10.2 Å². The highest BCUT2D eigenvalue weighted by atomic mass is 35.5. The second-order valence-electron chi connectivity index (χ2n) is 8.79. The quantitative estimate of drug-likeness (QED) is 0.605. The van der Waals surface area contributed by atoms with Crippen LogP contribution in [0.2, 0.25) is 0 Å². The van der Waals surface area contributed by atoms with Crippen LogP contribution < -0.4 is 5.32 Å². The van der Waals surface area contributed by atoms with Gasteiger partial charge in [0.2, 0.25) is 11.8 Å². The summed E-state index contributed by atoms with van der Waals surface area (Å²) in [6, 6.07) is 9.74. The largest absolute Gasteiger partial charge is 0.344 e. The Morgan fingerprint density at radius 1 is 1.17 bits per heavy atom. The molecule has 0 radical (unpaired) electrons. The molecule has 1 aliphatic rings. The molecule has 6 heteroatoms. The first-order valence-electron chi connectivity index (χ1n) is 10.9. The summed E-state index contributed by atoms with van der Waals surface area (Å²) in [6.45, 7) is 11.6. The molecule has 30 heavy (non-hydrogen) atoms. The minimum absolute atomic E-state index is 0.0163. The molecule has 1 aromatic rings. The Morgan fingerprint density at radius 2 is 1.80 bits per heavy atom. The Balaban J connectivity index is 1.90. The first-order valence-corrected chi connectivity index (χ1v) is 11.4. The number of piperazine rings is 1. The number of alkyl halides is 1. The highest BCUT2D eigenvalue weighted by Gasteiger charge is 2.35. The van der Waals surface area contributed by atoms with Crippen LogP contribution in [0.25, 0.3) is 6.08 Å². The fraction of sp³-hybridized carbons (Fsp3) is 0.583. The number of hydrogen-bond acceptors (Lipinski definition) is 3. The van der Waals surface area contributed by atoms with Crippen LogP contribution in [-0.2, 0) is 9.59 Å². The smallest absolute Gasteiger partial charge is 0.245 e. The standard InChI is InChI=1S/C24H36ClN3O2/c1-5-19(2)21(26-23(30)24(3,4)18-25)22(29)28-16-14-27(15-17-28)13-9-12-20-10-7-6-8-11-20/h6-12,19,21H,5,13-18H2,1-4H3,(H,26,30)/b12-9+. The molecule has 2 unspecified atom stereocenters. The summed E-state index contributed by atoms with van der Waals surface area (Å²) < 4.78 is 0. The molecule has 1 fully saturated rings. The summed E-state index contributed by atoms with van der Waals surface area (Å²) in [4.78, 5) is 30.1. The molecule has 1 heterocycles. The lowest BCUT2D eigenvalue weighted by molar-refractivity contribution is -0.141. The zero-order valence-corrected chi connectivity index (χ0v) is 19.5. The van der Waals surface area contributed by atoms with Crippen LogP contribution in [0.4, 0.5) is 0 Å². The van der Waals surface area contributed by atoms with Gasteiger partial charge in [-0.25, -0.2) is 0 Å². The van der Waals surface area contributed by atoms with E-state index in [9.17, 15) is 9.59 Å². The van der Waals surface area contributed by atoms with Gasteiger partial charge >= 0.3 is 0 Å². The van der Waals surface area contributed by atoms with Gasteiger partial charge in [0.15, 0.2) is 0 Å². The van der Waals surface area contributed by atoms with Gasteiger partial charge in [-0.2, -0.15) is 0 Å². The van der Waals surface area contributed by atoms with E-state index in [1.165, 1.54) is 5.56 Å². The first kappa shape index (κ1) is 24.4. The van der Waals surface area contributed by atoms with Crippen LogP contribution >= 0.6 is 11.6 Å². The summed E-state index contributed by atoms with van der Waals surface area (Å²) in [5.41, 5.74) is 0.496. The molecule has 0 spiro atoms. The Kier molecular flexibility index (Phi) is 9.37. The zero-order chi connectivity index (χ0) is 22.1. The Hall–Kier alpha value is -1.85. The van der Waals surface area contributed by atoms with Gasteiger partial charge in [-0.05, 0) is 25.3 Å². The zero-order valence-electron chi connectivity index (χ0n) is 18.7. The summed E-state index contributed by atoms with van der Waals surface area (Å²) in [7, 11) is 0. The molecule has 2 atom stereocenters. The molecule has 0 bridgehead atoms. The van der Waals surface area contributed by atoms with Crippen LogP contribution in [0.15, 0.2) is 36.4 Å². The van der Waals surface area contributed by atoms with Gasteiger partial charge in [0.1, 0.15) is 6.04 Å². The maximum atomic E-state index is 13.2. The summed E-state index contributed by atoms with van der Waals surface area (Å²) >= 11 is 5.94. The Morgan fingerprint density at radius 3 is 2.37 bits per heavy atom. The monoisotopic (exact) mass is 433 g/mol. The number of nitrogens with zero attached hydrogens (tertiary/aromatic N) is 2.